The molecule has 0 fully saturated rings. The van der Waals surface area contributed by atoms with Gasteiger partial charge in [0.15, 0.2) is 0 Å². The second-order valence-electron chi connectivity index (χ2n) is 3.34. The van der Waals surface area contributed by atoms with Crippen molar-refractivity contribution < 1.29 is 8.42 Å². The zero-order valence-electron chi connectivity index (χ0n) is 8.64. The minimum atomic E-state index is -3.42. The molecule has 5 heteroatoms. The highest BCUT2D eigenvalue weighted by atomic mass is 32.2. The van der Waals surface area contributed by atoms with Gasteiger partial charge in [-0.3, -0.25) is 0 Å². The van der Waals surface area contributed by atoms with Gasteiger partial charge in [0.25, 0.3) is 10.0 Å². The van der Waals surface area contributed by atoms with Crippen LogP contribution in [0, 0.1) is 0 Å². The number of benzene rings is 1. The average molecular weight is 224 g/mol. The van der Waals surface area contributed by atoms with Crippen LogP contribution >= 0.6 is 0 Å². The summed E-state index contributed by atoms with van der Waals surface area (Å²) in [6.45, 7) is 1.96. The summed E-state index contributed by atoms with van der Waals surface area (Å²) in [5, 5.41) is 4.06. The third kappa shape index (κ3) is 1.43. The van der Waals surface area contributed by atoms with Gasteiger partial charge in [-0.15, -0.1) is 0 Å². The molecule has 0 amide bonds. The second kappa shape index (κ2) is 3.34. The zero-order valence-corrected chi connectivity index (χ0v) is 9.45. The van der Waals surface area contributed by atoms with Crippen molar-refractivity contribution in [1.82, 2.24) is 4.41 Å². The lowest BCUT2D eigenvalue weighted by molar-refractivity contribution is 0.484. The minimum Gasteiger partial charge on any atom is -0.200 e. The Morgan fingerprint density at radius 3 is 2.67 bits per heavy atom. The van der Waals surface area contributed by atoms with E-state index in [1.807, 2.05) is 13.0 Å². The summed E-state index contributed by atoms with van der Waals surface area (Å²) >= 11 is 0. The first-order valence-corrected chi connectivity index (χ1v) is 6.17. The lowest BCUT2D eigenvalue weighted by Crippen LogP contribution is -2.29. The Morgan fingerprint density at radius 2 is 2.00 bits per heavy atom. The van der Waals surface area contributed by atoms with Crippen molar-refractivity contribution in [1.29, 1.82) is 0 Å². The fourth-order valence-electron chi connectivity index (χ4n) is 1.61. The van der Waals surface area contributed by atoms with Crippen LogP contribution in [0.4, 0.5) is 0 Å². The van der Waals surface area contributed by atoms with E-state index in [0.717, 1.165) is 22.1 Å². The Kier molecular flexibility index (Phi) is 2.26. The Bertz CT molecular complexity index is 520. The van der Waals surface area contributed by atoms with Crippen molar-refractivity contribution in [3.63, 3.8) is 0 Å². The molecule has 0 aromatic heterocycles. The van der Waals surface area contributed by atoms with Crippen LogP contribution in [0.2, 0.25) is 0 Å². The summed E-state index contributed by atoms with van der Waals surface area (Å²) in [5.74, 6) is 0. The summed E-state index contributed by atoms with van der Waals surface area (Å²) in [4.78, 5) is 0.347. The number of hydrogen-bond donors (Lipinski definition) is 0. The predicted molar refractivity (Wildman–Crippen MR) is 58.2 cm³/mol. The Hall–Kier alpha value is -1.36. The summed E-state index contributed by atoms with van der Waals surface area (Å²) in [7, 11) is -1.96. The highest BCUT2D eigenvalue weighted by Gasteiger charge is 2.28. The molecule has 4 nitrogen and oxygen atoms in total. The van der Waals surface area contributed by atoms with Crippen molar-refractivity contribution in [3.8, 4) is 0 Å². The Balaban J connectivity index is 2.75. The van der Waals surface area contributed by atoms with E-state index < -0.39 is 10.0 Å². The van der Waals surface area contributed by atoms with Gasteiger partial charge in [-0.1, -0.05) is 25.1 Å². The molecule has 1 heterocycles. The molecular weight excluding hydrogens is 212 g/mol. The number of sulfonamides is 1. The molecule has 0 aliphatic carbocycles. The molecule has 0 N–H and O–H groups in total. The van der Waals surface area contributed by atoms with Crippen LogP contribution in [0.5, 0.6) is 0 Å². The summed E-state index contributed by atoms with van der Waals surface area (Å²) in [6.07, 6.45) is 0.719. The number of hydrogen-bond acceptors (Lipinski definition) is 3. The molecule has 1 aliphatic heterocycles. The highest BCUT2D eigenvalue weighted by molar-refractivity contribution is 7.89. The molecule has 0 atom stereocenters. The van der Waals surface area contributed by atoms with Crippen LogP contribution in [0.3, 0.4) is 0 Å². The molecule has 0 saturated carbocycles. The van der Waals surface area contributed by atoms with E-state index in [-0.39, 0.29) is 0 Å². The van der Waals surface area contributed by atoms with Crippen LogP contribution in [0.25, 0.3) is 0 Å². The van der Waals surface area contributed by atoms with Gasteiger partial charge in [0.1, 0.15) is 0 Å². The van der Waals surface area contributed by atoms with Gasteiger partial charge >= 0.3 is 0 Å². The SMILES string of the molecule is CCC1=NN(C)S(=O)(=O)c2ccccc21. The molecule has 15 heavy (non-hydrogen) atoms. The first-order chi connectivity index (χ1) is 7.07. The van der Waals surface area contributed by atoms with Gasteiger partial charge in [-0.2, -0.15) is 17.9 Å². The lowest BCUT2D eigenvalue weighted by atomic mass is 10.1. The Morgan fingerprint density at radius 1 is 1.33 bits per heavy atom. The van der Waals surface area contributed by atoms with E-state index >= 15 is 0 Å². The summed E-state index contributed by atoms with van der Waals surface area (Å²) in [6, 6.07) is 6.96. The maximum Gasteiger partial charge on any atom is 0.279 e. The topological polar surface area (TPSA) is 49.7 Å². The minimum absolute atomic E-state index is 0.347. The number of fused-ring (bicyclic) bond motifs is 1. The van der Waals surface area contributed by atoms with Gasteiger partial charge in [0, 0.05) is 12.6 Å². The van der Waals surface area contributed by atoms with Crippen molar-refractivity contribution in [2.24, 2.45) is 5.10 Å². The van der Waals surface area contributed by atoms with Gasteiger partial charge in [0.2, 0.25) is 0 Å². The molecule has 1 aromatic carbocycles. The van der Waals surface area contributed by atoms with Crippen LogP contribution in [0.15, 0.2) is 34.3 Å². The third-order valence-electron chi connectivity index (χ3n) is 2.42. The smallest absolute Gasteiger partial charge is 0.200 e. The van der Waals surface area contributed by atoms with Crippen molar-refractivity contribution in [2.45, 2.75) is 18.2 Å². The highest BCUT2D eigenvalue weighted by Crippen LogP contribution is 2.25. The predicted octanol–water partition coefficient (Wildman–Crippen LogP) is 1.43. The van der Waals surface area contributed by atoms with Crippen molar-refractivity contribution in [2.75, 3.05) is 7.05 Å². The molecule has 0 saturated heterocycles. The summed E-state index contributed by atoms with van der Waals surface area (Å²) in [5.41, 5.74) is 1.53. The van der Waals surface area contributed by atoms with Gasteiger partial charge < -0.3 is 0 Å². The average Bonchev–Trinajstić information content (AvgIpc) is 2.24. The molecular formula is C10H12N2O2S. The number of hydrazone groups is 1. The molecule has 1 aliphatic rings. The van der Waals surface area contributed by atoms with Crippen LogP contribution in [-0.4, -0.2) is 25.6 Å². The van der Waals surface area contributed by atoms with Crippen molar-refractivity contribution in [3.05, 3.63) is 29.8 Å². The largest absolute Gasteiger partial charge is 0.279 e. The molecule has 0 spiro atoms. The van der Waals surface area contributed by atoms with E-state index in [4.69, 9.17) is 0 Å². The zero-order chi connectivity index (χ0) is 11.1. The number of rotatable bonds is 1. The van der Waals surface area contributed by atoms with E-state index in [0.29, 0.717) is 4.90 Å². The normalized spacial score (nSPS) is 18.3. The fraction of sp³-hybridized carbons (Fsp3) is 0.300. The van der Waals surface area contributed by atoms with Crippen molar-refractivity contribution >= 4 is 15.7 Å². The third-order valence-corrected chi connectivity index (χ3v) is 4.11. The molecule has 80 valence electrons. The standard InChI is InChI=1S/C10H12N2O2S/c1-3-9-8-6-4-5-7-10(8)15(13,14)12(2)11-9/h4-7H,3H2,1-2H3. The van der Waals surface area contributed by atoms with Crippen LogP contribution in [-0.2, 0) is 10.0 Å². The monoisotopic (exact) mass is 224 g/mol. The van der Waals surface area contributed by atoms with Crippen LogP contribution in [0.1, 0.15) is 18.9 Å². The molecule has 0 unspecified atom stereocenters. The second-order valence-corrected chi connectivity index (χ2v) is 5.25. The van der Waals surface area contributed by atoms with Gasteiger partial charge in [-0.25, -0.2) is 0 Å². The maximum absolute atomic E-state index is 11.9. The van der Waals surface area contributed by atoms with E-state index in [2.05, 4.69) is 5.10 Å². The van der Waals surface area contributed by atoms with Crippen LogP contribution < -0.4 is 0 Å². The summed E-state index contributed by atoms with van der Waals surface area (Å²) < 4.78 is 24.8. The van der Waals surface area contributed by atoms with Gasteiger partial charge in [0.05, 0.1) is 10.6 Å². The lowest BCUT2D eigenvalue weighted by Gasteiger charge is -2.23. The Labute approximate surface area is 89.3 Å². The first kappa shape index (κ1) is 10.2. The van der Waals surface area contributed by atoms with E-state index in [1.165, 1.54) is 7.05 Å². The van der Waals surface area contributed by atoms with E-state index in [9.17, 15) is 8.42 Å². The number of nitrogens with zero attached hydrogens (tertiary/aromatic N) is 2. The molecule has 0 radical (unpaired) electrons. The molecule has 2 rings (SSSR count). The fourth-order valence-corrected chi connectivity index (χ4v) is 2.82. The first-order valence-electron chi connectivity index (χ1n) is 4.73. The molecule has 0 bridgehead atoms. The van der Waals surface area contributed by atoms with E-state index in [1.54, 1.807) is 18.2 Å². The maximum atomic E-state index is 11.9. The van der Waals surface area contributed by atoms with Gasteiger partial charge in [-0.05, 0) is 12.5 Å². The molecule has 1 aromatic rings. The quantitative estimate of drug-likeness (QED) is 0.724.